The van der Waals surface area contributed by atoms with Crippen molar-refractivity contribution in [1.29, 1.82) is 0 Å². The molecule has 4 rings (SSSR count). The van der Waals surface area contributed by atoms with Gasteiger partial charge in [-0.1, -0.05) is 60.7 Å². The van der Waals surface area contributed by atoms with Crippen molar-refractivity contribution in [3.05, 3.63) is 78.4 Å². The summed E-state index contributed by atoms with van der Waals surface area (Å²) in [6.45, 7) is 2.60. The first kappa shape index (κ1) is 20.0. The molecule has 1 heterocycles. The van der Waals surface area contributed by atoms with Crippen LogP contribution in [0.1, 0.15) is 12.0 Å². The Labute approximate surface area is 177 Å². The van der Waals surface area contributed by atoms with Crippen molar-refractivity contribution < 1.29 is 9.59 Å². The topological polar surface area (TPSA) is 61.4 Å². The van der Waals surface area contributed by atoms with Gasteiger partial charge in [0, 0.05) is 25.3 Å². The van der Waals surface area contributed by atoms with E-state index in [0.717, 1.165) is 35.8 Å². The molecule has 0 aromatic heterocycles. The molecule has 0 spiro atoms. The molecule has 3 aromatic carbocycles. The number of carbonyl (C=O) groups is 2. The largest absolute Gasteiger partial charge is 0.371 e. The molecule has 0 aliphatic carbocycles. The molecule has 0 radical (unpaired) electrons. The third-order valence-corrected chi connectivity index (χ3v) is 5.67. The Morgan fingerprint density at radius 1 is 0.867 bits per heavy atom. The van der Waals surface area contributed by atoms with E-state index in [4.69, 9.17) is 0 Å². The van der Waals surface area contributed by atoms with Gasteiger partial charge >= 0.3 is 0 Å². The van der Waals surface area contributed by atoms with E-state index in [2.05, 4.69) is 27.7 Å². The minimum Gasteiger partial charge on any atom is -0.371 e. The van der Waals surface area contributed by atoms with Gasteiger partial charge in [-0.25, -0.2) is 0 Å². The van der Waals surface area contributed by atoms with Gasteiger partial charge in [-0.2, -0.15) is 0 Å². The zero-order valence-corrected chi connectivity index (χ0v) is 17.0. The Morgan fingerprint density at radius 3 is 2.50 bits per heavy atom. The average molecular weight is 402 g/mol. The smallest absolute Gasteiger partial charge is 0.239 e. The molecular weight excluding hydrogens is 374 g/mol. The van der Waals surface area contributed by atoms with E-state index in [1.54, 1.807) is 0 Å². The highest BCUT2D eigenvalue weighted by Gasteiger charge is 2.23. The van der Waals surface area contributed by atoms with Crippen LogP contribution in [0.15, 0.2) is 72.8 Å². The lowest BCUT2D eigenvalue weighted by molar-refractivity contribution is -0.125. The molecule has 30 heavy (non-hydrogen) atoms. The first-order valence-corrected chi connectivity index (χ1v) is 10.5. The van der Waals surface area contributed by atoms with Gasteiger partial charge in [-0.15, -0.1) is 0 Å². The lowest BCUT2D eigenvalue weighted by Crippen LogP contribution is -2.39. The summed E-state index contributed by atoms with van der Waals surface area (Å²) in [7, 11) is 0. The third kappa shape index (κ3) is 4.98. The van der Waals surface area contributed by atoms with E-state index in [0.29, 0.717) is 12.5 Å². The number of fused-ring (bicyclic) bond motifs is 1. The summed E-state index contributed by atoms with van der Waals surface area (Å²) in [5, 5.41) is 7.89. The number of nitrogens with one attached hydrogen (secondary N) is 2. The number of nitrogens with zero attached hydrogens (tertiary/aromatic N) is 1. The summed E-state index contributed by atoms with van der Waals surface area (Å²) in [6, 6.07) is 24.3. The van der Waals surface area contributed by atoms with E-state index < -0.39 is 0 Å². The highest BCUT2D eigenvalue weighted by molar-refractivity contribution is 5.91. The lowest BCUT2D eigenvalue weighted by Gasteiger charge is -2.18. The van der Waals surface area contributed by atoms with Gasteiger partial charge in [-0.3, -0.25) is 9.59 Å². The Balaban J connectivity index is 1.20. The summed E-state index contributed by atoms with van der Waals surface area (Å²) in [4.78, 5) is 26.9. The molecule has 1 fully saturated rings. The van der Waals surface area contributed by atoms with Gasteiger partial charge in [0.2, 0.25) is 11.8 Å². The number of carbonyl (C=O) groups excluding carboxylic acids is 2. The fraction of sp³-hybridized carbons (Fsp3) is 0.280. The van der Waals surface area contributed by atoms with E-state index in [1.165, 1.54) is 5.69 Å². The fourth-order valence-electron chi connectivity index (χ4n) is 4.05. The molecule has 1 aliphatic rings. The zero-order chi connectivity index (χ0) is 20.8. The van der Waals surface area contributed by atoms with Gasteiger partial charge in [0.05, 0.1) is 13.0 Å². The maximum atomic E-state index is 12.3. The minimum absolute atomic E-state index is 0.0126. The lowest BCUT2D eigenvalue weighted by atomic mass is 10.0. The van der Waals surface area contributed by atoms with Crippen LogP contribution in [-0.2, 0) is 16.0 Å². The Kier molecular flexibility index (Phi) is 6.28. The Bertz CT molecular complexity index is 1010. The predicted octanol–water partition coefficient (Wildman–Crippen LogP) is 3.14. The second kappa shape index (κ2) is 9.44. The van der Waals surface area contributed by atoms with Crippen molar-refractivity contribution in [3.8, 4) is 0 Å². The van der Waals surface area contributed by atoms with Crippen LogP contribution in [0.3, 0.4) is 0 Å². The van der Waals surface area contributed by atoms with Crippen LogP contribution in [-0.4, -0.2) is 38.0 Å². The fourth-order valence-corrected chi connectivity index (χ4v) is 4.05. The summed E-state index contributed by atoms with van der Waals surface area (Å²) in [5.41, 5.74) is 2.20. The molecule has 1 aliphatic heterocycles. The molecule has 154 valence electrons. The van der Waals surface area contributed by atoms with Crippen LogP contribution in [0.2, 0.25) is 0 Å². The molecule has 5 nitrogen and oxygen atoms in total. The van der Waals surface area contributed by atoms with E-state index >= 15 is 0 Å². The monoisotopic (exact) mass is 401 g/mol. The molecular formula is C25H27N3O2. The van der Waals surface area contributed by atoms with Crippen LogP contribution in [0.4, 0.5) is 5.69 Å². The molecule has 1 saturated heterocycles. The summed E-state index contributed by atoms with van der Waals surface area (Å²) in [5.74, 6) is 0.151. The van der Waals surface area contributed by atoms with E-state index in [-0.39, 0.29) is 24.8 Å². The zero-order valence-electron chi connectivity index (χ0n) is 17.0. The second-order valence-corrected chi connectivity index (χ2v) is 7.83. The number of hydrogen-bond donors (Lipinski definition) is 2. The number of amides is 2. The van der Waals surface area contributed by atoms with Crippen LogP contribution in [0.5, 0.6) is 0 Å². The quantitative estimate of drug-likeness (QED) is 0.639. The highest BCUT2D eigenvalue weighted by Crippen LogP contribution is 2.23. The molecule has 2 N–H and O–H groups in total. The predicted molar refractivity (Wildman–Crippen MR) is 120 cm³/mol. The van der Waals surface area contributed by atoms with Gasteiger partial charge in [-0.05, 0) is 40.8 Å². The van der Waals surface area contributed by atoms with Crippen LogP contribution in [0, 0.1) is 5.92 Å². The highest BCUT2D eigenvalue weighted by atomic mass is 16.2. The number of anilines is 1. The summed E-state index contributed by atoms with van der Waals surface area (Å²) >= 11 is 0. The minimum atomic E-state index is -0.141. The molecule has 0 saturated carbocycles. The maximum absolute atomic E-state index is 12.3. The van der Waals surface area contributed by atoms with E-state index in [1.807, 2.05) is 60.7 Å². The molecule has 3 aromatic rings. The second-order valence-electron chi connectivity index (χ2n) is 7.83. The summed E-state index contributed by atoms with van der Waals surface area (Å²) in [6.07, 6.45) is 1.33. The first-order valence-electron chi connectivity index (χ1n) is 10.5. The Hall–Kier alpha value is -3.34. The SMILES string of the molecule is O=C(CNC(=O)Cc1cccc2ccccc12)NCC1CCN(c2ccccc2)C1. The standard InChI is InChI=1S/C25H27N3O2/c29-24(15-21-9-6-8-20-7-4-5-12-23(20)21)27-17-25(30)26-16-19-13-14-28(18-19)22-10-2-1-3-11-22/h1-12,19H,13-18H2,(H,26,30)(H,27,29). The van der Waals surface area contributed by atoms with Crippen LogP contribution >= 0.6 is 0 Å². The van der Waals surface area contributed by atoms with Gasteiger partial charge in [0.1, 0.15) is 0 Å². The van der Waals surface area contributed by atoms with Crippen molar-refractivity contribution in [2.75, 3.05) is 31.1 Å². The van der Waals surface area contributed by atoms with Gasteiger partial charge in [0.25, 0.3) is 0 Å². The number of hydrogen-bond acceptors (Lipinski definition) is 3. The number of benzene rings is 3. The van der Waals surface area contributed by atoms with Crippen LogP contribution in [0.25, 0.3) is 10.8 Å². The Morgan fingerprint density at radius 2 is 1.63 bits per heavy atom. The van der Waals surface area contributed by atoms with Gasteiger partial charge in [0.15, 0.2) is 0 Å². The molecule has 1 atom stereocenters. The average Bonchev–Trinajstić information content (AvgIpc) is 3.26. The van der Waals surface area contributed by atoms with Crippen molar-refractivity contribution in [2.24, 2.45) is 5.92 Å². The molecule has 2 amide bonds. The number of para-hydroxylation sites is 1. The summed E-state index contributed by atoms with van der Waals surface area (Å²) < 4.78 is 0. The van der Waals surface area contributed by atoms with E-state index in [9.17, 15) is 9.59 Å². The maximum Gasteiger partial charge on any atom is 0.239 e. The molecule has 0 bridgehead atoms. The van der Waals surface area contributed by atoms with Crippen molar-refractivity contribution in [2.45, 2.75) is 12.8 Å². The van der Waals surface area contributed by atoms with Crippen LogP contribution < -0.4 is 15.5 Å². The normalized spacial score (nSPS) is 15.9. The van der Waals surface area contributed by atoms with Crippen molar-refractivity contribution in [3.63, 3.8) is 0 Å². The third-order valence-electron chi connectivity index (χ3n) is 5.67. The first-order chi connectivity index (χ1) is 14.7. The van der Waals surface area contributed by atoms with Crippen molar-refractivity contribution in [1.82, 2.24) is 10.6 Å². The molecule has 5 heteroatoms. The number of rotatable bonds is 7. The van der Waals surface area contributed by atoms with Gasteiger partial charge < -0.3 is 15.5 Å². The molecule has 1 unspecified atom stereocenters. The van der Waals surface area contributed by atoms with Crippen molar-refractivity contribution >= 4 is 28.3 Å².